The highest BCUT2D eigenvalue weighted by Crippen LogP contribution is 2.55. The standard InChI is InChI=1S/C6H8F5O4P/c1-3-4(15-16(12,13)14-3)2-5(7,8)6(9,10)11/h3-4H,2H2,1H3,(H,12,13). The average Bonchev–Trinajstić information content (AvgIpc) is 2.20. The van der Waals surface area contributed by atoms with Crippen molar-refractivity contribution in [3.05, 3.63) is 0 Å². The third-order valence-corrected chi connectivity index (χ3v) is 3.10. The zero-order chi connectivity index (χ0) is 12.8. The molecule has 96 valence electrons. The van der Waals surface area contributed by atoms with Crippen LogP contribution in [0, 0.1) is 0 Å². The molecule has 0 radical (unpaired) electrons. The maximum absolute atomic E-state index is 12.6. The summed E-state index contributed by atoms with van der Waals surface area (Å²) in [5, 5.41) is 0. The molecular formula is C6H8F5O4P. The van der Waals surface area contributed by atoms with Crippen molar-refractivity contribution in [2.75, 3.05) is 0 Å². The van der Waals surface area contributed by atoms with Crippen molar-refractivity contribution < 1.29 is 40.5 Å². The van der Waals surface area contributed by atoms with Gasteiger partial charge in [-0.1, -0.05) is 0 Å². The van der Waals surface area contributed by atoms with Crippen LogP contribution in [-0.4, -0.2) is 29.2 Å². The van der Waals surface area contributed by atoms with Gasteiger partial charge in [-0.3, -0.25) is 9.05 Å². The largest absolute Gasteiger partial charge is 0.472 e. The van der Waals surface area contributed by atoms with E-state index in [1.807, 2.05) is 0 Å². The second-order valence-corrected chi connectivity index (χ2v) is 4.69. The maximum atomic E-state index is 12.6. The summed E-state index contributed by atoms with van der Waals surface area (Å²) in [4.78, 5) is 8.72. The Balaban J connectivity index is 2.73. The zero-order valence-corrected chi connectivity index (χ0v) is 8.77. The summed E-state index contributed by atoms with van der Waals surface area (Å²) in [5.41, 5.74) is 0. The highest BCUT2D eigenvalue weighted by molar-refractivity contribution is 7.47. The minimum absolute atomic E-state index is 1.08. The molecule has 1 aliphatic heterocycles. The lowest BCUT2D eigenvalue weighted by Gasteiger charge is -2.22. The average molecular weight is 270 g/mol. The van der Waals surface area contributed by atoms with Gasteiger partial charge >= 0.3 is 19.9 Å². The van der Waals surface area contributed by atoms with Crippen LogP contribution in [-0.2, 0) is 13.6 Å². The predicted molar refractivity (Wildman–Crippen MR) is 40.9 cm³/mol. The second-order valence-electron chi connectivity index (χ2n) is 3.33. The van der Waals surface area contributed by atoms with Crippen molar-refractivity contribution in [3.63, 3.8) is 0 Å². The van der Waals surface area contributed by atoms with Gasteiger partial charge in [-0.25, -0.2) is 4.57 Å². The normalized spacial score (nSPS) is 36.7. The van der Waals surface area contributed by atoms with E-state index in [0.717, 1.165) is 6.92 Å². The van der Waals surface area contributed by atoms with E-state index in [1.165, 1.54) is 0 Å². The molecule has 1 fully saturated rings. The van der Waals surface area contributed by atoms with E-state index in [0.29, 0.717) is 0 Å². The number of phosphoric ester groups is 1. The summed E-state index contributed by atoms with van der Waals surface area (Å²) in [5.74, 6) is -4.99. The van der Waals surface area contributed by atoms with Crippen LogP contribution >= 0.6 is 7.82 Å². The van der Waals surface area contributed by atoms with E-state index in [2.05, 4.69) is 9.05 Å². The lowest BCUT2D eigenvalue weighted by molar-refractivity contribution is -0.289. The molecule has 1 aliphatic rings. The van der Waals surface area contributed by atoms with Gasteiger partial charge in [0.25, 0.3) is 0 Å². The molecule has 4 nitrogen and oxygen atoms in total. The number of phosphoric acid groups is 1. The highest BCUT2D eigenvalue weighted by atomic mass is 31.2. The lowest BCUT2D eigenvalue weighted by Crippen LogP contribution is -2.41. The Morgan fingerprint density at radius 3 is 2.06 bits per heavy atom. The van der Waals surface area contributed by atoms with Crippen LogP contribution in [0.15, 0.2) is 0 Å². The minimum atomic E-state index is -5.72. The number of halogens is 5. The van der Waals surface area contributed by atoms with Crippen LogP contribution in [0.2, 0.25) is 0 Å². The molecule has 3 atom stereocenters. The highest BCUT2D eigenvalue weighted by Gasteiger charge is 2.60. The van der Waals surface area contributed by atoms with Crippen molar-refractivity contribution >= 4 is 7.82 Å². The van der Waals surface area contributed by atoms with Crippen LogP contribution in [0.25, 0.3) is 0 Å². The summed E-state index contributed by atoms with van der Waals surface area (Å²) in [6, 6.07) is 0. The van der Waals surface area contributed by atoms with Crippen molar-refractivity contribution in [3.8, 4) is 0 Å². The molecule has 0 aromatic carbocycles. The predicted octanol–water partition coefficient (Wildman–Crippen LogP) is 2.48. The Hall–Kier alpha value is -0.240. The van der Waals surface area contributed by atoms with Crippen LogP contribution < -0.4 is 0 Å². The third kappa shape index (κ3) is 2.91. The fourth-order valence-electron chi connectivity index (χ4n) is 1.13. The molecule has 1 rings (SSSR count). The zero-order valence-electron chi connectivity index (χ0n) is 7.87. The summed E-state index contributed by atoms with van der Waals surface area (Å²) in [7, 11) is -4.49. The second kappa shape index (κ2) is 3.90. The molecule has 1 N–H and O–H groups in total. The Morgan fingerprint density at radius 2 is 1.75 bits per heavy atom. The van der Waals surface area contributed by atoms with Gasteiger partial charge in [0.05, 0.1) is 12.5 Å². The fourth-order valence-corrected chi connectivity index (χ4v) is 2.33. The van der Waals surface area contributed by atoms with Crippen LogP contribution in [0.1, 0.15) is 13.3 Å². The first-order valence-corrected chi connectivity index (χ1v) is 5.58. The van der Waals surface area contributed by atoms with E-state index in [-0.39, 0.29) is 0 Å². The minimum Gasteiger partial charge on any atom is -0.302 e. The molecule has 0 spiro atoms. The molecular weight excluding hydrogens is 262 g/mol. The van der Waals surface area contributed by atoms with Crippen molar-refractivity contribution in [1.29, 1.82) is 0 Å². The molecule has 0 bridgehead atoms. The third-order valence-electron chi connectivity index (χ3n) is 1.96. The first-order chi connectivity index (χ1) is 6.95. The van der Waals surface area contributed by atoms with Crippen LogP contribution in [0.5, 0.6) is 0 Å². The van der Waals surface area contributed by atoms with Gasteiger partial charge in [-0.05, 0) is 6.92 Å². The van der Waals surface area contributed by atoms with Crippen LogP contribution in [0.4, 0.5) is 22.0 Å². The quantitative estimate of drug-likeness (QED) is 0.618. The van der Waals surface area contributed by atoms with Gasteiger partial charge in [0.15, 0.2) is 0 Å². The molecule has 0 aliphatic carbocycles. The van der Waals surface area contributed by atoms with E-state index >= 15 is 0 Å². The Labute approximate surface area is 87.0 Å². The van der Waals surface area contributed by atoms with Gasteiger partial charge in [-0.2, -0.15) is 22.0 Å². The van der Waals surface area contributed by atoms with E-state index in [9.17, 15) is 26.5 Å². The summed E-state index contributed by atoms with van der Waals surface area (Å²) in [6.45, 7) is 1.08. The first kappa shape index (κ1) is 13.8. The van der Waals surface area contributed by atoms with Crippen molar-refractivity contribution in [1.82, 2.24) is 0 Å². The SMILES string of the molecule is CC1OP(=O)(O)OC1CC(F)(F)C(F)(F)F. The van der Waals surface area contributed by atoms with Gasteiger partial charge in [0, 0.05) is 0 Å². The molecule has 1 saturated heterocycles. The fraction of sp³-hybridized carbons (Fsp3) is 1.00. The van der Waals surface area contributed by atoms with Gasteiger partial charge < -0.3 is 4.89 Å². The van der Waals surface area contributed by atoms with Crippen molar-refractivity contribution in [2.24, 2.45) is 0 Å². The molecule has 3 unspecified atom stereocenters. The number of hydrogen-bond donors (Lipinski definition) is 1. The molecule has 0 aromatic heterocycles. The molecule has 0 saturated carbocycles. The summed E-state index contributed by atoms with van der Waals surface area (Å²) >= 11 is 0. The monoisotopic (exact) mass is 270 g/mol. The summed E-state index contributed by atoms with van der Waals surface area (Å²) in [6.07, 6.45) is -10.5. The maximum Gasteiger partial charge on any atom is 0.472 e. The lowest BCUT2D eigenvalue weighted by atomic mass is 10.1. The van der Waals surface area contributed by atoms with E-state index < -0.39 is 38.6 Å². The molecule has 10 heteroatoms. The number of rotatable bonds is 2. The molecule has 0 amide bonds. The van der Waals surface area contributed by atoms with Gasteiger partial charge in [0.1, 0.15) is 6.10 Å². The van der Waals surface area contributed by atoms with Gasteiger partial charge in [-0.15, -0.1) is 0 Å². The number of alkyl halides is 5. The molecule has 1 heterocycles. The molecule has 0 aromatic rings. The smallest absolute Gasteiger partial charge is 0.302 e. The summed E-state index contributed by atoms with van der Waals surface area (Å²) < 4.78 is 79.7. The van der Waals surface area contributed by atoms with Crippen molar-refractivity contribution in [2.45, 2.75) is 37.7 Å². The first-order valence-electron chi connectivity index (χ1n) is 4.09. The topological polar surface area (TPSA) is 55.8 Å². The van der Waals surface area contributed by atoms with E-state index in [1.54, 1.807) is 0 Å². The molecule has 16 heavy (non-hydrogen) atoms. The number of hydrogen-bond acceptors (Lipinski definition) is 3. The van der Waals surface area contributed by atoms with Crippen LogP contribution in [0.3, 0.4) is 0 Å². The van der Waals surface area contributed by atoms with E-state index in [4.69, 9.17) is 4.89 Å². The Kier molecular flexibility index (Phi) is 3.37. The Bertz CT molecular complexity index is 317. The van der Waals surface area contributed by atoms with Gasteiger partial charge in [0.2, 0.25) is 0 Å². The Morgan fingerprint density at radius 1 is 1.25 bits per heavy atom.